The first kappa shape index (κ1) is 23.6. The number of carbonyl (C=O) groups is 1. The number of esters is 1. The summed E-state index contributed by atoms with van der Waals surface area (Å²) in [7, 11) is 1.77. The van der Waals surface area contributed by atoms with E-state index in [1.54, 1.807) is 14.0 Å². The molecular weight excluding hydrogens is 499 g/mol. The topological polar surface area (TPSA) is 75.6 Å². The molecule has 1 unspecified atom stereocenters. The van der Waals surface area contributed by atoms with E-state index in [1.807, 2.05) is 13.8 Å². The monoisotopic (exact) mass is 528 g/mol. The third-order valence-electron chi connectivity index (χ3n) is 5.06. The number of thiazole rings is 1. The zero-order valence-corrected chi connectivity index (χ0v) is 20.5. The molecule has 0 aliphatic heterocycles. The van der Waals surface area contributed by atoms with Crippen LogP contribution in [0.4, 0.5) is 0 Å². The normalized spacial score (nSPS) is 15.8. The number of hydrogen-bond donors (Lipinski definition) is 2. The number of hydrogen-bond acceptors (Lipinski definition) is 5. The molecule has 8 heteroatoms. The van der Waals surface area contributed by atoms with Crippen LogP contribution in [-0.4, -0.2) is 37.1 Å². The molecule has 29 heavy (non-hydrogen) atoms. The third kappa shape index (κ3) is 5.69. The maximum Gasteiger partial charge on any atom is 0.350 e. The van der Waals surface area contributed by atoms with Gasteiger partial charge >= 0.3 is 5.97 Å². The summed E-state index contributed by atoms with van der Waals surface area (Å²) in [4.78, 5) is 21.5. The standard InChI is InChI=1S/C21H28N4O2S.HI/c1-5-27-19(26)17-14(2)24-18(28-17)15(3)25-20(22-4)23-13-21(11-12-21)16-9-7-6-8-10-16;/h6-10,15H,5,11-13H2,1-4H3,(H2,22,23,25);1H. The van der Waals surface area contributed by atoms with E-state index in [0.29, 0.717) is 17.2 Å². The molecule has 1 saturated carbocycles. The zero-order chi connectivity index (χ0) is 20.1. The number of rotatable bonds is 7. The molecule has 6 nitrogen and oxygen atoms in total. The van der Waals surface area contributed by atoms with E-state index in [9.17, 15) is 4.79 Å². The summed E-state index contributed by atoms with van der Waals surface area (Å²) >= 11 is 1.37. The van der Waals surface area contributed by atoms with Crippen LogP contribution >= 0.6 is 35.3 Å². The van der Waals surface area contributed by atoms with E-state index in [4.69, 9.17) is 4.74 Å². The minimum absolute atomic E-state index is 0. The number of nitrogens with zero attached hydrogens (tertiary/aromatic N) is 2. The molecule has 0 spiro atoms. The van der Waals surface area contributed by atoms with E-state index in [-0.39, 0.29) is 41.4 Å². The predicted octanol–water partition coefficient (Wildman–Crippen LogP) is 4.20. The number of nitrogens with one attached hydrogen (secondary N) is 2. The van der Waals surface area contributed by atoms with Crippen molar-refractivity contribution in [3.05, 3.63) is 51.5 Å². The Morgan fingerprint density at radius 1 is 1.34 bits per heavy atom. The fourth-order valence-corrected chi connectivity index (χ4v) is 4.18. The number of guanidine groups is 1. The average molecular weight is 528 g/mol. The second-order valence-electron chi connectivity index (χ2n) is 7.13. The van der Waals surface area contributed by atoms with Crippen molar-refractivity contribution in [1.29, 1.82) is 0 Å². The van der Waals surface area contributed by atoms with Crippen LogP contribution in [-0.2, 0) is 10.2 Å². The highest BCUT2D eigenvalue weighted by atomic mass is 127. The Bertz CT molecular complexity index is 850. The lowest BCUT2D eigenvalue weighted by atomic mass is 9.96. The van der Waals surface area contributed by atoms with Crippen LogP contribution in [0, 0.1) is 6.92 Å². The zero-order valence-electron chi connectivity index (χ0n) is 17.3. The summed E-state index contributed by atoms with van der Waals surface area (Å²) in [6, 6.07) is 10.6. The van der Waals surface area contributed by atoms with Gasteiger partial charge in [0.15, 0.2) is 5.96 Å². The maximum atomic E-state index is 12.0. The highest BCUT2D eigenvalue weighted by molar-refractivity contribution is 14.0. The molecule has 1 aromatic carbocycles. The second-order valence-corrected chi connectivity index (χ2v) is 8.16. The Balaban J connectivity index is 0.00000300. The Kier molecular flexibility index (Phi) is 8.45. The molecule has 1 heterocycles. The van der Waals surface area contributed by atoms with Gasteiger partial charge in [-0.25, -0.2) is 9.78 Å². The van der Waals surface area contributed by atoms with Crippen molar-refractivity contribution in [1.82, 2.24) is 15.6 Å². The first-order valence-electron chi connectivity index (χ1n) is 9.66. The van der Waals surface area contributed by atoms with Crippen LogP contribution in [0.15, 0.2) is 35.3 Å². The molecule has 1 aliphatic carbocycles. The lowest BCUT2D eigenvalue weighted by Gasteiger charge is -2.21. The molecule has 3 rings (SSSR count). The van der Waals surface area contributed by atoms with Crippen molar-refractivity contribution < 1.29 is 9.53 Å². The molecule has 0 radical (unpaired) electrons. The number of ether oxygens (including phenoxy) is 1. The van der Waals surface area contributed by atoms with Crippen molar-refractivity contribution >= 4 is 47.2 Å². The summed E-state index contributed by atoms with van der Waals surface area (Å²) in [5, 5.41) is 7.68. The molecule has 0 amide bonds. The summed E-state index contributed by atoms with van der Waals surface area (Å²) in [6.45, 7) is 6.86. The van der Waals surface area contributed by atoms with Gasteiger partial charge in [-0.1, -0.05) is 30.3 Å². The van der Waals surface area contributed by atoms with Crippen LogP contribution in [0.1, 0.15) is 58.7 Å². The van der Waals surface area contributed by atoms with Crippen LogP contribution in [0.25, 0.3) is 0 Å². The van der Waals surface area contributed by atoms with Gasteiger partial charge in [-0.05, 0) is 39.2 Å². The van der Waals surface area contributed by atoms with E-state index in [1.165, 1.54) is 29.7 Å². The van der Waals surface area contributed by atoms with Gasteiger partial charge in [-0.3, -0.25) is 4.99 Å². The van der Waals surface area contributed by atoms with Crippen molar-refractivity contribution in [2.45, 2.75) is 45.1 Å². The molecule has 2 aromatic rings. The quantitative estimate of drug-likeness (QED) is 0.244. The number of benzene rings is 1. The Labute approximate surface area is 193 Å². The molecule has 1 atom stereocenters. The van der Waals surface area contributed by atoms with E-state index >= 15 is 0 Å². The molecule has 0 saturated heterocycles. The molecule has 158 valence electrons. The van der Waals surface area contributed by atoms with Gasteiger partial charge in [-0.15, -0.1) is 35.3 Å². The van der Waals surface area contributed by atoms with Crippen molar-refractivity contribution in [2.75, 3.05) is 20.2 Å². The van der Waals surface area contributed by atoms with Gasteiger partial charge in [0, 0.05) is 19.0 Å². The largest absolute Gasteiger partial charge is 0.462 e. The lowest BCUT2D eigenvalue weighted by molar-refractivity contribution is 0.0531. The predicted molar refractivity (Wildman–Crippen MR) is 128 cm³/mol. The van der Waals surface area contributed by atoms with Crippen LogP contribution in [0.5, 0.6) is 0 Å². The van der Waals surface area contributed by atoms with E-state index in [2.05, 4.69) is 50.9 Å². The number of carbonyl (C=O) groups excluding carboxylic acids is 1. The summed E-state index contributed by atoms with van der Waals surface area (Å²) in [5.41, 5.74) is 2.29. The van der Waals surface area contributed by atoms with Crippen molar-refractivity contribution in [3.8, 4) is 0 Å². The SMILES string of the molecule is CCOC(=O)c1sc(C(C)NC(=NC)NCC2(c3ccccc3)CC2)nc1C.I. The molecule has 1 aliphatic rings. The first-order valence-corrected chi connectivity index (χ1v) is 10.5. The Morgan fingerprint density at radius 3 is 2.62 bits per heavy atom. The van der Waals surface area contributed by atoms with Crippen LogP contribution in [0.3, 0.4) is 0 Å². The van der Waals surface area contributed by atoms with E-state index < -0.39 is 0 Å². The third-order valence-corrected chi connectivity index (χ3v) is 6.38. The van der Waals surface area contributed by atoms with Gasteiger partial charge in [0.2, 0.25) is 0 Å². The maximum absolute atomic E-state index is 12.0. The number of aliphatic imine (C=N–C) groups is 1. The smallest absolute Gasteiger partial charge is 0.350 e. The molecule has 0 bridgehead atoms. The molecule has 2 N–H and O–H groups in total. The highest BCUT2D eigenvalue weighted by Crippen LogP contribution is 2.47. The highest BCUT2D eigenvalue weighted by Gasteiger charge is 2.44. The Hall–Kier alpha value is -1.68. The average Bonchev–Trinajstić information content (AvgIpc) is 3.40. The van der Waals surface area contributed by atoms with E-state index in [0.717, 1.165) is 17.5 Å². The molecular formula is C21H29IN4O2S. The van der Waals surface area contributed by atoms with Crippen LogP contribution in [0.2, 0.25) is 0 Å². The number of halogens is 1. The number of aromatic nitrogens is 1. The van der Waals surface area contributed by atoms with Crippen molar-refractivity contribution in [3.63, 3.8) is 0 Å². The van der Waals surface area contributed by atoms with Gasteiger partial charge in [0.05, 0.1) is 18.3 Å². The lowest BCUT2D eigenvalue weighted by Crippen LogP contribution is -2.42. The number of aryl methyl sites for hydroxylation is 1. The minimum Gasteiger partial charge on any atom is -0.462 e. The second kappa shape index (κ2) is 10.4. The minimum atomic E-state index is -0.308. The summed E-state index contributed by atoms with van der Waals surface area (Å²) in [5.74, 6) is 0.428. The summed E-state index contributed by atoms with van der Waals surface area (Å²) < 4.78 is 5.10. The Morgan fingerprint density at radius 2 is 2.03 bits per heavy atom. The van der Waals surface area contributed by atoms with Gasteiger partial charge < -0.3 is 15.4 Å². The van der Waals surface area contributed by atoms with Gasteiger partial charge in [-0.2, -0.15) is 0 Å². The van der Waals surface area contributed by atoms with Crippen molar-refractivity contribution in [2.24, 2.45) is 4.99 Å². The molecule has 1 fully saturated rings. The van der Waals surface area contributed by atoms with Gasteiger partial charge in [0.1, 0.15) is 9.88 Å². The first-order chi connectivity index (χ1) is 13.5. The summed E-state index contributed by atoms with van der Waals surface area (Å²) in [6.07, 6.45) is 2.37. The fourth-order valence-electron chi connectivity index (χ4n) is 3.21. The molecule has 1 aromatic heterocycles. The van der Waals surface area contributed by atoms with Crippen LogP contribution < -0.4 is 10.6 Å². The fraction of sp³-hybridized carbons (Fsp3) is 0.476. The van der Waals surface area contributed by atoms with Gasteiger partial charge in [0.25, 0.3) is 0 Å².